The van der Waals surface area contributed by atoms with E-state index in [1.54, 1.807) is 6.92 Å². The summed E-state index contributed by atoms with van der Waals surface area (Å²) in [7, 11) is 1.48. The largest absolute Gasteiger partial charge is 0.495 e. The van der Waals surface area contributed by atoms with E-state index >= 15 is 0 Å². The SMILES string of the molecule is C=C(C)C(=O)c1cc(OC)c(Cl)cc1Cl. The van der Waals surface area contributed by atoms with Gasteiger partial charge in [-0.2, -0.15) is 0 Å². The van der Waals surface area contributed by atoms with E-state index in [9.17, 15) is 4.79 Å². The fraction of sp³-hybridized carbons (Fsp3) is 0.182. The molecular formula is C11H10Cl2O2. The number of ether oxygens (including phenoxy) is 1. The van der Waals surface area contributed by atoms with E-state index < -0.39 is 0 Å². The number of hydrogen-bond donors (Lipinski definition) is 0. The van der Waals surface area contributed by atoms with Gasteiger partial charge in [-0.05, 0) is 24.6 Å². The number of Topliss-reactive ketones (excluding diaryl/α,β-unsaturated/α-hetero) is 1. The topological polar surface area (TPSA) is 26.3 Å². The summed E-state index contributed by atoms with van der Waals surface area (Å²) in [4.78, 5) is 11.7. The maximum absolute atomic E-state index is 11.7. The molecule has 0 fully saturated rings. The summed E-state index contributed by atoms with van der Waals surface area (Å²) in [6.45, 7) is 5.19. The zero-order valence-electron chi connectivity index (χ0n) is 8.43. The van der Waals surface area contributed by atoms with Gasteiger partial charge in [-0.3, -0.25) is 4.79 Å². The number of rotatable bonds is 3. The molecule has 0 aliphatic carbocycles. The number of carbonyl (C=O) groups is 1. The molecule has 0 radical (unpaired) electrons. The summed E-state index contributed by atoms with van der Waals surface area (Å²) in [5.41, 5.74) is 0.770. The van der Waals surface area contributed by atoms with Gasteiger partial charge in [-0.15, -0.1) is 0 Å². The van der Waals surface area contributed by atoms with Gasteiger partial charge in [0.15, 0.2) is 5.78 Å². The first kappa shape index (κ1) is 12.1. The molecule has 0 atom stereocenters. The Morgan fingerprint density at radius 3 is 2.40 bits per heavy atom. The minimum absolute atomic E-state index is 0.213. The molecule has 0 saturated carbocycles. The zero-order chi connectivity index (χ0) is 11.6. The van der Waals surface area contributed by atoms with E-state index in [2.05, 4.69) is 6.58 Å². The lowest BCUT2D eigenvalue weighted by atomic mass is 10.1. The first-order valence-corrected chi connectivity index (χ1v) is 4.96. The van der Waals surface area contributed by atoms with Gasteiger partial charge in [0.1, 0.15) is 5.75 Å². The van der Waals surface area contributed by atoms with Crippen molar-refractivity contribution in [3.05, 3.63) is 39.9 Å². The third-order valence-electron chi connectivity index (χ3n) is 1.87. The first-order chi connectivity index (χ1) is 6.97. The fourth-order valence-electron chi connectivity index (χ4n) is 1.09. The van der Waals surface area contributed by atoms with Crippen molar-refractivity contribution in [2.75, 3.05) is 7.11 Å². The number of carbonyl (C=O) groups excluding carboxylic acids is 1. The second-order valence-electron chi connectivity index (χ2n) is 3.08. The van der Waals surface area contributed by atoms with Crippen molar-refractivity contribution in [2.24, 2.45) is 0 Å². The van der Waals surface area contributed by atoms with Crippen LogP contribution in [0.25, 0.3) is 0 Å². The third-order valence-corrected chi connectivity index (χ3v) is 2.48. The van der Waals surface area contributed by atoms with Crippen LogP contribution >= 0.6 is 23.2 Å². The van der Waals surface area contributed by atoms with Crippen molar-refractivity contribution in [3.8, 4) is 5.75 Å². The lowest BCUT2D eigenvalue weighted by Gasteiger charge is -2.08. The molecule has 0 aliphatic heterocycles. The molecule has 2 nitrogen and oxygen atoms in total. The Kier molecular flexibility index (Phi) is 3.77. The van der Waals surface area contributed by atoms with Gasteiger partial charge in [0.2, 0.25) is 0 Å². The van der Waals surface area contributed by atoms with Crippen molar-refractivity contribution in [1.29, 1.82) is 0 Å². The Hall–Kier alpha value is -0.990. The molecule has 0 aliphatic rings. The van der Waals surface area contributed by atoms with E-state index in [1.165, 1.54) is 19.2 Å². The van der Waals surface area contributed by atoms with Crippen LogP contribution in [0.4, 0.5) is 0 Å². The zero-order valence-corrected chi connectivity index (χ0v) is 9.95. The van der Waals surface area contributed by atoms with Crippen LogP contribution in [0, 0.1) is 0 Å². The predicted octanol–water partition coefficient (Wildman–Crippen LogP) is 3.76. The molecule has 15 heavy (non-hydrogen) atoms. The number of allylic oxidation sites excluding steroid dienone is 1. The normalized spacial score (nSPS) is 9.87. The van der Waals surface area contributed by atoms with E-state index in [4.69, 9.17) is 27.9 Å². The molecule has 0 aromatic heterocycles. The van der Waals surface area contributed by atoms with E-state index in [0.29, 0.717) is 26.9 Å². The van der Waals surface area contributed by atoms with Crippen LogP contribution in [0.15, 0.2) is 24.3 Å². The molecule has 0 bridgehead atoms. The monoisotopic (exact) mass is 244 g/mol. The maximum atomic E-state index is 11.7. The van der Waals surface area contributed by atoms with Crippen LogP contribution < -0.4 is 4.74 Å². The van der Waals surface area contributed by atoms with Gasteiger partial charge in [0, 0.05) is 5.56 Å². The van der Waals surface area contributed by atoms with Gasteiger partial charge >= 0.3 is 0 Å². The van der Waals surface area contributed by atoms with Gasteiger partial charge in [-0.25, -0.2) is 0 Å². The lowest BCUT2D eigenvalue weighted by molar-refractivity contribution is 0.103. The molecule has 0 amide bonds. The molecule has 0 spiro atoms. The molecule has 1 aromatic carbocycles. The van der Waals surface area contributed by atoms with Gasteiger partial charge in [-0.1, -0.05) is 29.8 Å². The van der Waals surface area contributed by atoms with E-state index in [-0.39, 0.29) is 5.78 Å². The second-order valence-corrected chi connectivity index (χ2v) is 3.89. The van der Waals surface area contributed by atoms with Crippen molar-refractivity contribution in [1.82, 2.24) is 0 Å². The number of ketones is 1. The number of halogens is 2. The number of benzene rings is 1. The summed E-state index contributed by atoms with van der Waals surface area (Å²) >= 11 is 11.7. The minimum atomic E-state index is -0.213. The average Bonchev–Trinajstić information content (AvgIpc) is 2.17. The van der Waals surface area contributed by atoms with Crippen LogP contribution in [-0.2, 0) is 0 Å². The maximum Gasteiger partial charge on any atom is 0.189 e. The van der Waals surface area contributed by atoms with Gasteiger partial charge in [0.05, 0.1) is 17.2 Å². The summed E-state index contributed by atoms with van der Waals surface area (Å²) in [5.74, 6) is 0.209. The van der Waals surface area contributed by atoms with Crippen LogP contribution in [0.5, 0.6) is 5.75 Å². The van der Waals surface area contributed by atoms with E-state index in [1.807, 2.05) is 0 Å². The smallest absolute Gasteiger partial charge is 0.189 e. The van der Waals surface area contributed by atoms with E-state index in [0.717, 1.165) is 0 Å². The third kappa shape index (κ3) is 2.52. The van der Waals surface area contributed by atoms with Crippen molar-refractivity contribution in [2.45, 2.75) is 6.92 Å². The molecule has 80 valence electrons. The highest BCUT2D eigenvalue weighted by molar-refractivity contribution is 6.38. The summed E-state index contributed by atoms with van der Waals surface area (Å²) in [5, 5.41) is 0.676. The molecule has 1 aromatic rings. The summed E-state index contributed by atoms with van der Waals surface area (Å²) in [6, 6.07) is 3.00. The Morgan fingerprint density at radius 1 is 1.33 bits per heavy atom. The molecular weight excluding hydrogens is 235 g/mol. The molecule has 0 unspecified atom stereocenters. The lowest BCUT2D eigenvalue weighted by Crippen LogP contribution is -2.01. The number of methoxy groups -OCH3 is 1. The summed E-state index contributed by atoms with van der Waals surface area (Å²) < 4.78 is 5.00. The van der Waals surface area contributed by atoms with Crippen LogP contribution in [0.3, 0.4) is 0 Å². The van der Waals surface area contributed by atoms with Crippen LogP contribution in [0.2, 0.25) is 10.0 Å². The highest BCUT2D eigenvalue weighted by Crippen LogP contribution is 2.31. The fourth-order valence-corrected chi connectivity index (χ4v) is 1.64. The highest BCUT2D eigenvalue weighted by atomic mass is 35.5. The Balaban J connectivity index is 3.30. The van der Waals surface area contributed by atoms with Crippen LogP contribution in [-0.4, -0.2) is 12.9 Å². The van der Waals surface area contributed by atoms with Crippen molar-refractivity contribution >= 4 is 29.0 Å². The van der Waals surface area contributed by atoms with Crippen LogP contribution in [0.1, 0.15) is 17.3 Å². The summed E-state index contributed by atoms with van der Waals surface area (Å²) in [6.07, 6.45) is 0. The molecule has 1 rings (SSSR count). The Bertz CT molecular complexity index is 425. The molecule has 0 saturated heterocycles. The second kappa shape index (κ2) is 4.69. The van der Waals surface area contributed by atoms with Gasteiger partial charge < -0.3 is 4.74 Å². The van der Waals surface area contributed by atoms with Crippen molar-refractivity contribution < 1.29 is 9.53 Å². The standard InChI is InChI=1S/C11H10Cl2O2/c1-6(2)11(14)7-4-10(15-3)9(13)5-8(7)12/h4-5H,1H2,2-3H3. The number of hydrogen-bond acceptors (Lipinski definition) is 2. The molecule has 0 heterocycles. The average molecular weight is 245 g/mol. The first-order valence-electron chi connectivity index (χ1n) is 4.20. The molecule has 4 heteroatoms. The van der Waals surface area contributed by atoms with Crippen molar-refractivity contribution in [3.63, 3.8) is 0 Å². The molecule has 0 N–H and O–H groups in total. The van der Waals surface area contributed by atoms with Gasteiger partial charge in [0.25, 0.3) is 0 Å². The Morgan fingerprint density at radius 2 is 1.93 bits per heavy atom. The minimum Gasteiger partial charge on any atom is -0.495 e. The quantitative estimate of drug-likeness (QED) is 0.598. The highest BCUT2D eigenvalue weighted by Gasteiger charge is 2.14. The Labute approximate surface area is 98.4 Å². The predicted molar refractivity (Wildman–Crippen MR) is 62.2 cm³/mol.